The van der Waals surface area contributed by atoms with Crippen LogP contribution in [-0.4, -0.2) is 23.0 Å². The Hall–Kier alpha value is -0.514. The molecule has 1 rings (SSSR count). The van der Waals surface area contributed by atoms with Gasteiger partial charge in [0.05, 0.1) is 0 Å². The van der Waals surface area contributed by atoms with E-state index in [-0.39, 0.29) is 15.0 Å². The topological polar surface area (TPSA) is 0 Å². The molecule has 0 aliphatic rings. The number of hydrogen-bond acceptors (Lipinski definition) is 0. The molecule has 0 atom stereocenters. The first-order valence-electron chi connectivity index (χ1n) is 5.20. The number of hydrogen-bond donors (Lipinski definition) is 0. The second-order valence-electron chi connectivity index (χ2n) is 4.81. The Morgan fingerprint density at radius 3 is 2.00 bits per heavy atom. The van der Waals surface area contributed by atoms with Crippen LogP contribution in [0.1, 0.15) is 5.56 Å². The van der Waals surface area contributed by atoms with Gasteiger partial charge in [0, 0.05) is 0 Å². The zero-order valence-electron chi connectivity index (χ0n) is 10.0. The van der Waals surface area contributed by atoms with Gasteiger partial charge in [-0.25, -0.2) is 0 Å². The van der Waals surface area contributed by atoms with E-state index in [0.717, 1.165) is 16.6 Å². The second-order valence-corrected chi connectivity index (χ2v) is 11.9. The van der Waals surface area contributed by atoms with Gasteiger partial charge in [-0.2, -0.15) is 0 Å². The van der Waals surface area contributed by atoms with Crippen LogP contribution in [0.3, 0.4) is 0 Å². The zero-order chi connectivity index (χ0) is 13.1. The van der Waals surface area contributed by atoms with E-state index >= 15 is 0 Å². The third-order valence-corrected chi connectivity index (χ3v) is 5.37. The fraction of sp³-hybridized carbons (Fsp3) is 0.333. The molecule has 0 bridgehead atoms. The Balaban J connectivity index is 2.67. The van der Waals surface area contributed by atoms with Crippen LogP contribution in [0.15, 0.2) is 34.9 Å². The summed E-state index contributed by atoms with van der Waals surface area (Å²) in [6.07, 6.45) is -4.24. The van der Waals surface area contributed by atoms with Gasteiger partial charge in [-0.15, -0.1) is 0 Å². The molecule has 5 heteroatoms. The predicted molar refractivity (Wildman–Crippen MR) is 69.3 cm³/mol. The molecule has 0 aromatic heterocycles. The standard InChI is InChI=1S/C12H15F3SeSi/c1-17(2,3)9-8-16-11-6-4-10(5-7-11)12(13,14)15/h4-9H,1-3H3. The molecule has 0 aliphatic carbocycles. The van der Waals surface area contributed by atoms with Crippen molar-refractivity contribution in [3.05, 3.63) is 40.5 Å². The quantitative estimate of drug-likeness (QED) is 0.748. The fourth-order valence-electron chi connectivity index (χ4n) is 1.04. The third kappa shape index (κ3) is 5.57. The summed E-state index contributed by atoms with van der Waals surface area (Å²) >= 11 is 0.129. The molecule has 0 aliphatic heterocycles. The Kier molecular flexibility index (Phi) is 4.64. The molecule has 0 saturated carbocycles. The summed E-state index contributed by atoms with van der Waals surface area (Å²) in [6, 6.07) is 5.44. The summed E-state index contributed by atoms with van der Waals surface area (Å²) in [5.74, 6) is 0. The minimum absolute atomic E-state index is 0.129. The van der Waals surface area contributed by atoms with Crippen molar-refractivity contribution in [2.75, 3.05) is 0 Å². The van der Waals surface area contributed by atoms with Crippen molar-refractivity contribution in [3.63, 3.8) is 0 Å². The van der Waals surface area contributed by atoms with Crippen molar-refractivity contribution in [2.45, 2.75) is 25.8 Å². The molecule has 17 heavy (non-hydrogen) atoms. The van der Waals surface area contributed by atoms with Crippen molar-refractivity contribution in [3.8, 4) is 0 Å². The molecule has 0 nitrogen and oxygen atoms in total. The summed E-state index contributed by atoms with van der Waals surface area (Å²) in [7, 11) is -1.20. The summed E-state index contributed by atoms with van der Waals surface area (Å²) in [5, 5.41) is 0. The monoisotopic (exact) mass is 324 g/mol. The Morgan fingerprint density at radius 1 is 1.06 bits per heavy atom. The molecule has 0 heterocycles. The van der Waals surface area contributed by atoms with Gasteiger partial charge >= 0.3 is 107 Å². The van der Waals surface area contributed by atoms with Crippen molar-refractivity contribution in [1.82, 2.24) is 0 Å². The maximum atomic E-state index is 12.3. The fourth-order valence-corrected chi connectivity index (χ4v) is 5.46. The molecule has 1 aromatic carbocycles. The van der Waals surface area contributed by atoms with E-state index in [4.69, 9.17) is 0 Å². The van der Waals surface area contributed by atoms with Crippen LogP contribution in [0.25, 0.3) is 0 Å². The summed E-state index contributed by atoms with van der Waals surface area (Å²) in [5.41, 5.74) is 1.65. The first kappa shape index (κ1) is 14.5. The van der Waals surface area contributed by atoms with Crippen LogP contribution in [0.4, 0.5) is 13.2 Å². The van der Waals surface area contributed by atoms with Gasteiger partial charge < -0.3 is 0 Å². The van der Waals surface area contributed by atoms with Crippen LogP contribution in [0.2, 0.25) is 19.6 Å². The molecule has 0 N–H and O–H groups in total. The van der Waals surface area contributed by atoms with Crippen molar-refractivity contribution in [2.24, 2.45) is 0 Å². The van der Waals surface area contributed by atoms with Crippen LogP contribution < -0.4 is 4.46 Å². The summed E-state index contributed by atoms with van der Waals surface area (Å²) < 4.78 is 37.9. The van der Waals surface area contributed by atoms with Crippen molar-refractivity contribution >= 4 is 27.5 Å². The summed E-state index contributed by atoms with van der Waals surface area (Å²) in [6.45, 7) is 6.69. The normalized spacial score (nSPS) is 13.3. The maximum absolute atomic E-state index is 12.3. The van der Waals surface area contributed by atoms with Crippen LogP contribution in [0.5, 0.6) is 0 Å². The van der Waals surface area contributed by atoms with Crippen LogP contribution in [0, 0.1) is 0 Å². The van der Waals surface area contributed by atoms with Gasteiger partial charge in [-0.05, 0) is 0 Å². The molecule has 0 saturated heterocycles. The minimum atomic E-state index is -4.24. The molecular formula is C12H15F3SeSi. The molecule has 0 fully saturated rings. The molecule has 0 spiro atoms. The molecule has 0 radical (unpaired) electrons. The van der Waals surface area contributed by atoms with Gasteiger partial charge in [-0.1, -0.05) is 0 Å². The van der Waals surface area contributed by atoms with E-state index in [1.165, 1.54) is 0 Å². The van der Waals surface area contributed by atoms with Crippen LogP contribution in [-0.2, 0) is 6.18 Å². The van der Waals surface area contributed by atoms with Gasteiger partial charge in [0.25, 0.3) is 0 Å². The van der Waals surface area contributed by atoms with Crippen molar-refractivity contribution in [1.29, 1.82) is 0 Å². The Labute approximate surface area is 107 Å². The van der Waals surface area contributed by atoms with E-state index in [1.807, 2.05) is 0 Å². The van der Waals surface area contributed by atoms with E-state index in [2.05, 4.69) is 30.3 Å². The average molecular weight is 323 g/mol. The summed E-state index contributed by atoms with van der Waals surface area (Å²) in [4.78, 5) is 2.11. The van der Waals surface area contributed by atoms with Crippen LogP contribution >= 0.6 is 0 Å². The molecular weight excluding hydrogens is 308 g/mol. The number of rotatable bonds is 3. The Morgan fingerprint density at radius 2 is 1.59 bits per heavy atom. The first-order valence-corrected chi connectivity index (χ1v) is 10.6. The van der Waals surface area contributed by atoms with Gasteiger partial charge in [0.1, 0.15) is 0 Å². The molecule has 94 valence electrons. The van der Waals surface area contributed by atoms with E-state index in [1.54, 1.807) is 12.1 Å². The SMILES string of the molecule is C[Si](C)(C)C=C[Se]c1ccc(C(F)(F)F)cc1. The van der Waals surface area contributed by atoms with E-state index in [9.17, 15) is 13.2 Å². The number of halogens is 3. The number of benzene rings is 1. The Bertz CT molecular complexity index is 388. The van der Waals surface area contributed by atoms with Gasteiger partial charge in [0.2, 0.25) is 0 Å². The first-order chi connectivity index (χ1) is 7.68. The molecule has 0 unspecified atom stereocenters. The van der Waals surface area contributed by atoms with E-state index < -0.39 is 19.8 Å². The third-order valence-electron chi connectivity index (χ3n) is 1.95. The van der Waals surface area contributed by atoms with Gasteiger partial charge in [0.15, 0.2) is 0 Å². The number of alkyl halides is 3. The zero-order valence-corrected chi connectivity index (χ0v) is 12.7. The second kappa shape index (κ2) is 5.42. The molecule has 0 amide bonds. The predicted octanol–water partition coefficient (Wildman–Crippen LogP) is 3.43. The average Bonchev–Trinajstić information content (AvgIpc) is 2.15. The van der Waals surface area contributed by atoms with Gasteiger partial charge in [-0.3, -0.25) is 0 Å². The van der Waals surface area contributed by atoms with Crippen molar-refractivity contribution < 1.29 is 13.2 Å². The molecule has 1 aromatic rings. The van der Waals surface area contributed by atoms with E-state index in [0.29, 0.717) is 0 Å².